The van der Waals surface area contributed by atoms with Crippen LogP contribution in [0.25, 0.3) is 0 Å². The number of fused-ring (bicyclic) bond motifs is 1. The Bertz CT molecular complexity index is 644. The summed E-state index contributed by atoms with van der Waals surface area (Å²) in [5.41, 5.74) is 1.25. The summed E-state index contributed by atoms with van der Waals surface area (Å²) < 4.78 is 6.16. The minimum absolute atomic E-state index is 0.173. The molecule has 0 bridgehead atoms. The van der Waals surface area contributed by atoms with Crippen LogP contribution >= 0.6 is 0 Å². The summed E-state index contributed by atoms with van der Waals surface area (Å²) in [5.74, 6) is 1.54. The highest BCUT2D eigenvalue weighted by molar-refractivity contribution is 5.79. The van der Waals surface area contributed by atoms with E-state index in [1.165, 1.54) is 5.56 Å². The molecule has 28 heavy (non-hydrogen) atoms. The summed E-state index contributed by atoms with van der Waals surface area (Å²) in [6.07, 6.45) is 4.11. The highest BCUT2D eigenvalue weighted by atomic mass is 16.5. The Morgan fingerprint density at radius 2 is 1.96 bits per heavy atom. The van der Waals surface area contributed by atoms with Gasteiger partial charge in [-0.2, -0.15) is 0 Å². The lowest BCUT2D eigenvalue weighted by atomic mass is 10.0. The van der Waals surface area contributed by atoms with Gasteiger partial charge in [0.2, 0.25) is 5.91 Å². The van der Waals surface area contributed by atoms with E-state index in [2.05, 4.69) is 60.8 Å². The van der Waals surface area contributed by atoms with Crippen LogP contribution in [0.3, 0.4) is 0 Å². The predicted octanol–water partition coefficient (Wildman–Crippen LogP) is 3.24. The van der Waals surface area contributed by atoms with Gasteiger partial charge >= 0.3 is 0 Å². The van der Waals surface area contributed by atoms with Gasteiger partial charge in [0.25, 0.3) is 0 Å². The first kappa shape index (κ1) is 21.1. The molecule has 0 N–H and O–H groups in total. The van der Waals surface area contributed by atoms with Crippen molar-refractivity contribution < 1.29 is 9.53 Å². The van der Waals surface area contributed by atoms with Crippen molar-refractivity contribution >= 4 is 5.91 Å². The van der Waals surface area contributed by atoms with E-state index in [9.17, 15) is 4.79 Å². The molecule has 0 saturated carbocycles. The fourth-order valence-corrected chi connectivity index (χ4v) is 4.68. The van der Waals surface area contributed by atoms with Gasteiger partial charge in [-0.15, -0.1) is 0 Å². The van der Waals surface area contributed by atoms with Crippen LogP contribution in [-0.4, -0.2) is 73.0 Å². The lowest BCUT2D eigenvalue weighted by molar-refractivity contribution is -0.137. The van der Waals surface area contributed by atoms with E-state index in [-0.39, 0.29) is 5.92 Å². The first-order valence-electron chi connectivity index (χ1n) is 10.9. The zero-order chi connectivity index (χ0) is 20.1. The van der Waals surface area contributed by atoms with Crippen LogP contribution in [0.2, 0.25) is 0 Å². The summed E-state index contributed by atoms with van der Waals surface area (Å²) >= 11 is 0. The maximum absolute atomic E-state index is 13.1. The summed E-state index contributed by atoms with van der Waals surface area (Å²) in [6.45, 7) is 8.66. The molecule has 0 radical (unpaired) electrons. The Morgan fingerprint density at radius 3 is 2.68 bits per heavy atom. The molecule has 1 aromatic rings. The molecule has 1 fully saturated rings. The predicted molar refractivity (Wildman–Crippen MR) is 113 cm³/mol. The molecule has 2 aliphatic heterocycles. The fourth-order valence-electron chi connectivity index (χ4n) is 4.68. The lowest BCUT2D eigenvalue weighted by Crippen LogP contribution is -2.51. The maximum atomic E-state index is 13.1. The number of amides is 1. The van der Waals surface area contributed by atoms with Crippen molar-refractivity contribution in [3.8, 4) is 5.75 Å². The van der Waals surface area contributed by atoms with Crippen LogP contribution in [0.5, 0.6) is 5.75 Å². The highest BCUT2D eigenvalue weighted by Crippen LogP contribution is 2.28. The van der Waals surface area contributed by atoms with Crippen molar-refractivity contribution in [1.82, 2.24) is 14.7 Å². The first-order chi connectivity index (χ1) is 13.5. The quantitative estimate of drug-likeness (QED) is 0.720. The SMILES string of the molecule is CCC(CC)C(=O)N1CCC[C@@H]1CN1Cc2ccccc2OC[C@@H]1CN(C)C. The Labute approximate surface area is 170 Å². The number of rotatable bonds is 7. The van der Waals surface area contributed by atoms with E-state index in [0.29, 0.717) is 24.6 Å². The van der Waals surface area contributed by atoms with Crippen LogP contribution in [0.15, 0.2) is 24.3 Å². The number of ether oxygens (including phenoxy) is 1. The zero-order valence-electron chi connectivity index (χ0n) is 18.1. The number of hydrogen-bond acceptors (Lipinski definition) is 4. The number of benzene rings is 1. The molecule has 0 aromatic heterocycles. The topological polar surface area (TPSA) is 36.0 Å². The number of likely N-dealkylation sites (N-methyl/N-ethyl adjacent to an activating group) is 1. The second kappa shape index (κ2) is 9.75. The van der Waals surface area contributed by atoms with Crippen molar-refractivity contribution in [2.45, 2.75) is 58.2 Å². The summed E-state index contributed by atoms with van der Waals surface area (Å²) in [5, 5.41) is 0. The molecule has 2 atom stereocenters. The molecular formula is C23H37N3O2. The van der Waals surface area contributed by atoms with Crippen molar-refractivity contribution in [3.63, 3.8) is 0 Å². The molecule has 1 saturated heterocycles. The van der Waals surface area contributed by atoms with Gasteiger partial charge < -0.3 is 14.5 Å². The maximum Gasteiger partial charge on any atom is 0.225 e. The third-order valence-electron chi connectivity index (χ3n) is 6.31. The van der Waals surface area contributed by atoms with E-state index < -0.39 is 0 Å². The minimum atomic E-state index is 0.173. The third-order valence-corrected chi connectivity index (χ3v) is 6.31. The van der Waals surface area contributed by atoms with Crippen LogP contribution in [0, 0.1) is 5.92 Å². The normalized spacial score (nSPS) is 23.0. The summed E-state index contributed by atoms with van der Waals surface area (Å²) in [7, 11) is 4.24. The van der Waals surface area contributed by atoms with Crippen molar-refractivity contribution in [3.05, 3.63) is 29.8 Å². The monoisotopic (exact) mass is 387 g/mol. The number of para-hydroxylation sites is 1. The van der Waals surface area contributed by atoms with Crippen LogP contribution in [0.1, 0.15) is 45.1 Å². The molecule has 3 rings (SSSR count). The second-order valence-corrected chi connectivity index (χ2v) is 8.61. The summed E-state index contributed by atoms with van der Waals surface area (Å²) in [6, 6.07) is 9.02. The molecule has 5 nitrogen and oxygen atoms in total. The molecule has 2 heterocycles. The van der Waals surface area contributed by atoms with Crippen LogP contribution in [0.4, 0.5) is 0 Å². The van der Waals surface area contributed by atoms with Gasteiger partial charge in [0.15, 0.2) is 0 Å². The Hall–Kier alpha value is -1.59. The zero-order valence-corrected chi connectivity index (χ0v) is 18.1. The molecular weight excluding hydrogens is 350 g/mol. The lowest BCUT2D eigenvalue weighted by Gasteiger charge is -2.36. The van der Waals surface area contributed by atoms with Crippen molar-refractivity contribution in [1.29, 1.82) is 0 Å². The highest BCUT2D eigenvalue weighted by Gasteiger charge is 2.35. The van der Waals surface area contributed by atoms with Crippen molar-refractivity contribution in [2.75, 3.05) is 40.3 Å². The van der Waals surface area contributed by atoms with Gasteiger partial charge in [0.1, 0.15) is 12.4 Å². The smallest absolute Gasteiger partial charge is 0.225 e. The molecule has 0 unspecified atom stereocenters. The Morgan fingerprint density at radius 1 is 1.21 bits per heavy atom. The van der Waals surface area contributed by atoms with Gasteiger partial charge in [-0.05, 0) is 45.8 Å². The van der Waals surface area contributed by atoms with Crippen molar-refractivity contribution in [2.24, 2.45) is 5.92 Å². The Kier molecular flexibility index (Phi) is 7.36. The van der Waals surface area contributed by atoms with E-state index in [1.54, 1.807) is 0 Å². The number of carbonyl (C=O) groups is 1. The average Bonchev–Trinajstić information content (AvgIpc) is 3.07. The first-order valence-corrected chi connectivity index (χ1v) is 10.9. The van der Waals surface area contributed by atoms with Gasteiger partial charge in [-0.1, -0.05) is 32.0 Å². The molecule has 0 aliphatic carbocycles. The van der Waals surface area contributed by atoms with Gasteiger partial charge in [-0.25, -0.2) is 0 Å². The number of likely N-dealkylation sites (tertiary alicyclic amines) is 1. The van der Waals surface area contributed by atoms with Gasteiger partial charge in [0, 0.05) is 43.7 Å². The summed E-state index contributed by atoms with van der Waals surface area (Å²) in [4.78, 5) is 20.0. The minimum Gasteiger partial charge on any atom is -0.492 e. The molecule has 1 aromatic carbocycles. The number of nitrogens with zero attached hydrogens (tertiary/aromatic N) is 3. The third kappa shape index (κ3) is 4.87. The fraction of sp³-hybridized carbons (Fsp3) is 0.696. The van der Waals surface area contributed by atoms with Crippen LogP contribution in [-0.2, 0) is 11.3 Å². The molecule has 5 heteroatoms. The van der Waals surface area contributed by atoms with Gasteiger partial charge in [0.05, 0.1) is 6.04 Å². The van der Waals surface area contributed by atoms with E-state index in [1.807, 2.05) is 6.07 Å². The molecule has 2 aliphatic rings. The Balaban J connectivity index is 1.77. The van der Waals surface area contributed by atoms with E-state index in [4.69, 9.17) is 4.74 Å². The molecule has 1 amide bonds. The average molecular weight is 388 g/mol. The van der Waals surface area contributed by atoms with E-state index in [0.717, 1.165) is 57.6 Å². The second-order valence-electron chi connectivity index (χ2n) is 8.61. The molecule has 156 valence electrons. The standard InChI is InChI=1S/C23H37N3O2/c1-5-18(6-2)23(27)26-13-9-11-20(26)16-25-14-19-10-7-8-12-22(19)28-17-21(25)15-24(3)4/h7-8,10,12,18,20-21H,5-6,9,11,13-17H2,1-4H3/t20-,21+/m1/s1. The van der Waals surface area contributed by atoms with Gasteiger partial charge in [-0.3, -0.25) is 9.69 Å². The van der Waals surface area contributed by atoms with Crippen LogP contribution < -0.4 is 4.74 Å². The largest absolute Gasteiger partial charge is 0.492 e. The van der Waals surface area contributed by atoms with E-state index >= 15 is 0 Å². The number of carbonyl (C=O) groups excluding carboxylic acids is 1. The number of hydrogen-bond donors (Lipinski definition) is 0. The molecule has 0 spiro atoms.